The summed E-state index contributed by atoms with van der Waals surface area (Å²) in [5.41, 5.74) is 2.31. The Bertz CT molecular complexity index is 608. The molecular weight excluding hydrogens is 286 g/mol. The second-order valence-electron chi connectivity index (χ2n) is 4.56. The molecule has 2 amide bonds. The van der Waals surface area contributed by atoms with E-state index in [1.54, 1.807) is 12.1 Å². The van der Waals surface area contributed by atoms with E-state index in [-0.39, 0.29) is 12.0 Å². The van der Waals surface area contributed by atoms with Crippen LogP contribution in [0.2, 0.25) is 0 Å². The van der Waals surface area contributed by atoms with Crippen LogP contribution in [0.5, 0.6) is 0 Å². The first-order chi connectivity index (χ1) is 10.7. The molecule has 1 heterocycles. The van der Waals surface area contributed by atoms with Gasteiger partial charge < -0.3 is 19.8 Å². The molecule has 0 saturated carbocycles. The van der Waals surface area contributed by atoms with Crippen molar-refractivity contribution in [3.8, 4) is 0 Å². The topological polar surface area (TPSA) is 93.5 Å². The highest BCUT2D eigenvalue weighted by Gasteiger charge is 2.04. The number of amides is 2. The van der Waals surface area contributed by atoms with Gasteiger partial charge in [0, 0.05) is 12.1 Å². The van der Waals surface area contributed by atoms with E-state index in [1.807, 2.05) is 12.1 Å². The first-order valence-corrected chi connectivity index (χ1v) is 6.75. The van der Waals surface area contributed by atoms with Crippen LogP contribution in [0.25, 0.3) is 0 Å². The van der Waals surface area contributed by atoms with E-state index in [2.05, 4.69) is 20.4 Å². The van der Waals surface area contributed by atoms with Gasteiger partial charge >= 0.3 is 12.0 Å². The maximum absolute atomic E-state index is 11.7. The van der Waals surface area contributed by atoms with E-state index >= 15 is 0 Å². The number of benzene rings is 1. The Labute approximate surface area is 127 Å². The summed E-state index contributed by atoms with van der Waals surface area (Å²) >= 11 is 0. The molecule has 0 aliphatic rings. The SMILES string of the molecule is COC(=O)CCc1ccc(NC(=O)NCc2cocn2)cc1. The van der Waals surface area contributed by atoms with Crippen LogP contribution in [0.3, 0.4) is 0 Å². The number of esters is 1. The largest absolute Gasteiger partial charge is 0.469 e. The van der Waals surface area contributed by atoms with Crippen LogP contribution < -0.4 is 10.6 Å². The number of urea groups is 1. The third-order valence-electron chi connectivity index (χ3n) is 2.97. The van der Waals surface area contributed by atoms with Gasteiger partial charge in [0.25, 0.3) is 0 Å². The minimum absolute atomic E-state index is 0.241. The minimum Gasteiger partial charge on any atom is -0.469 e. The Kier molecular flexibility index (Phi) is 5.53. The second-order valence-corrected chi connectivity index (χ2v) is 4.56. The van der Waals surface area contributed by atoms with Crippen molar-refractivity contribution in [2.75, 3.05) is 12.4 Å². The van der Waals surface area contributed by atoms with Gasteiger partial charge in [-0.25, -0.2) is 9.78 Å². The predicted octanol–water partition coefficient (Wildman–Crippen LogP) is 2.10. The Hall–Kier alpha value is -2.83. The molecule has 1 aromatic heterocycles. The van der Waals surface area contributed by atoms with Crippen LogP contribution in [0.1, 0.15) is 17.7 Å². The van der Waals surface area contributed by atoms with Gasteiger partial charge in [-0.3, -0.25) is 4.79 Å². The summed E-state index contributed by atoms with van der Waals surface area (Å²) in [6, 6.07) is 6.95. The van der Waals surface area contributed by atoms with E-state index < -0.39 is 0 Å². The number of oxazole rings is 1. The number of aryl methyl sites for hydroxylation is 1. The lowest BCUT2D eigenvalue weighted by atomic mass is 10.1. The second kappa shape index (κ2) is 7.82. The summed E-state index contributed by atoms with van der Waals surface area (Å²) in [4.78, 5) is 26.7. The molecule has 0 unspecified atom stereocenters. The normalized spacial score (nSPS) is 10.0. The Morgan fingerprint density at radius 1 is 1.27 bits per heavy atom. The van der Waals surface area contributed by atoms with E-state index in [1.165, 1.54) is 19.8 Å². The summed E-state index contributed by atoms with van der Waals surface area (Å²) < 4.78 is 9.40. The Balaban J connectivity index is 1.77. The quantitative estimate of drug-likeness (QED) is 0.797. The number of nitrogens with zero attached hydrogens (tertiary/aromatic N) is 1. The highest BCUT2D eigenvalue weighted by Crippen LogP contribution is 2.11. The molecule has 0 fully saturated rings. The molecule has 7 heteroatoms. The van der Waals surface area contributed by atoms with Crippen LogP contribution in [-0.2, 0) is 22.5 Å². The molecule has 116 valence electrons. The maximum atomic E-state index is 11.7. The predicted molar refractivity (Wildman–Crippen MR) is 79.1 cm³/mol. The molecule has 0 aliphatic carbocycles. The summed E-state index contributed by atoms with van der Waals surface area (Å²) in [5, 5.41) is 5.37. The molecule has 2 N–H and O–H groups in total. The number of carbonyl (C=O) groups excluding carboxylic acids is 2. The fourth-order valence-corrected chi connectivity index (χ4v) is 1.77. The standard InChI is InChI=1S/C15H17N3O4/c1-21-14(19)7-4-11-2-5-12(6-3-11)18-15(20)16-8-13-9-22-10-17-13/h2-3,5-6,9-10H,4,7-8H2,1H3,(H2,16,18,20). The number of hydrogen-bond acceptors (Lipinski definition) is 5. The van der Waals surface area contributed by atoms with E-state index in [9.17, 15) is 9.59 Å². The summed E-state index contributed by atoms with van der Waals surface area (Å²) in [5.74, 6) is -0.241. The van der Waals surface area contributed by atoms with Crippen molar-refractivity contribution in [3.05, 3.63) is 48.2 Å². The molecule has 2 rings (SSSR count). The number of hydrogen-bond donors (Lipinski definition) is 2. The highest BCUT2D eigenvalue weighted by atomic mass is 16.5. The average Bonchev–Trinajstić information content (AvgIpc) is 3.05. The van der Waals surface area contributed by atoms with Crippen molar-refractivity contribution >= 4 is 17.7 Å². The van der Waals surface area contributed by atoms with Crippen molar-refractivity contribution in [1.29, 1.82) is 0 Å². The lowest BCUT2D eigenvalue weighted by molar-refractivity contribution is -0.140. The number of nitrogens with one attached hydrogen (secondary N) is 2. The molecule has 0 radical (unpaired) electrons. The van der Waals surface area contributed by atoms with Crippen molar-refractivity contribution in [1.82, 2.24) is 10.3 Å². The zero-order chi connectivity index (χ0) is 15.8. The molecule has 2 aromatic rings. The first kappa shape index (κ1) is 15.6. The van der Waals surface area contributed by atoms with Gasteiger partial charge in [0.2, 0.25) is 0 Å². The molecule has 0 saturated heterocycles. The minimum atomic E-state index is -0.328. The molecule has 7 nitrogen and oxygen atoms in total. The number of carbonyl (C=O) groups is 2. The highest BCUT2D eigenvalue weighted by molar-refractivity contribution is 5.89. The van der Waals surface area contributed by atoms with Gasteiger partial charge in [0.1, 0.15) is 6.26 Å². The van der Waals surface area contributed by atoms with E-state index in [0.717, 1.165) is 5.56 Å². The number of aromatic nitrogens is 1. The monoisotopic (exact) mass is 303 g/mol. The molecule has 1 aromatic carbocycles. The van der Waals surface area contributed by atoms with Crippen LogP contribution in [0.4, 0.5) is 10.5 Å². The third kappa shape index (κ3) is 4.93. The fourth-order valence-electron chi connectivity index (χ4n) is 1.77. The summed E-state index contributed by atoms with van der Waals surface area (Å²) in [6.07, 6.45) is 3.71. The van der Waals surface area contributed by atoms with E-state index in [0.29, 0.717) is 30.8 Å². The third-order valence-corrected chi connectivity index (χ3v) is 2.97. The lowest BCUT2D eigenvalue weighted by Gasteiger charge is -2.07. The van der Waals surface area contributed by atoms with Gasteiger partial charge in [0.05, 0.1) is 19.3 Å². The van der Waals surface area contributed by atoms with Crippen molar-refractivity contribution < 1.29 is 18.7 Å². The number of rotatable bonds is 6. The number of anilines is 1. The Morgan fingerprint density at radius 2 is 2.05 bits per heavy atom. The van der Waals surface area contributed by atoms with Crippen LogP contribution in [-0.4, -0.2) is 24.1 Å². The lowest BCUT2D eigenvalue weighted by Crippen LogP contribution is -2.28. The molecule has 0 bridgehead atoms. The molecular formula is C15H17N3O4. The molecule has 0 atom stereocenters. The summed E-state index contributed by atoms with van der Waals surface area (Å²) in [7, 11) is 1.37. The molecule has 0 spiro atoms. The van der Waals surface area contributed by atoms with Crippen LogP contribution in [0, 0.1) is 0 Å². The average molecular weight is 303 g/mol. The molecule has 0 aliphatic heterocycles. The fraction of sp³-hybridized carbons (Fsp3) is 0.267. The van der Waals surface area contributed by atoms with Gasteiger partial charge in [-0.2, -0.15) is 0 Å². The van der Waals surface area contributed by atoms with Crippen LogP contribution in [0.15, 0.2) is 41.3 Å². The van der Waals surface area contributed by atoms with Crippen LogP contribution >= 0.6 is 0 Å². The van der Waals surface area contributed by atoms with Crippen molar-refractivity contribution in [3.63, 3.8) is 0 Å². The first-order valence-electron chi connectivity index (χ1n) is 6.75. The maximum Gasteiger partial charge on any atom is 0.319 e. The van der Waals surface area contributed by atoms with Gasteiger partial charge in [0.15, 0.2) is 6.39 Å². The van der Waals surface area contributed by atoms with Crippen molar-refractivity contribution in [2.24, 2.45) is 0 Å². The van der Waals surface area contributed by atoms with Gasteiger partial charge in [-0.15, -0.1) is 0 Å². The van der Waals surface area contributed by atoms with Gasteiger partial charge in [-0.05, 0) is 24.1 Å². The molecule has 22 heavy (non-hydrogen) atoms. The number of methoxy groups -OCH3 is 1. The van der Waals surface area contributed by atoms with E-state index in [4.69, 9.17) is 4.42 Å². The van der Waals surface area contributed by atoms with Gasteiger partial charge in [-0.1, -0.05) is 12.1 Å². The summed E-state index contributed by atoms with van der Waals surface area (Å²) in [6.45, 7) is 0.291. The number of ether oxygens (including phenoxy) is 1. The zero-order valence-corrected chi connectivity index (χ0v) is 12.2. The Morgan fingerprint density at radius 3 is 2.68 bits per heavy atom. The smallest absolute Gasteiger partial charge is 0.319 e. The zero-order valence-electron chi connectivity index (χ0n) is 12.2. The van der Waals surface area contributed by atoms with Crippen molar-refractivity contribution in [2.45, 2.75) is 19.4 Å².